The second kappa shape index (κ2) is 4.41. The highest BCUT2D eigenvalue weighted by Crippen LogP contribution is 2.39. The first-order valence-electron chi connectivity index (χ1n) is 6.85. The van der Waals surface area contributed by atoms with E-state index in [1.54, 1.807) is 25.5 Å². The van der Waals surface area contributed by atoms with Gasteiger partial charge < -0.3 is 9.88 Å². The van der Waals surface area contributed by atoms with E-state index in [2.05, 4.69) is 25.5 Å². The van der Waals surface area contributed by atoms with E-state index in [4.69, 9.17) is 0 Å². The number of nitrogens with zero attached hydrogens (tertiary/aromatic N) is 4. The number of aromatic amines is 1. The molecule has 106 valence electrons. The quantitative estimate of drug-likeness (QED) is 0.763. The van der Waals surface area contributed by atoms with Crippen LogP contribution in [0.4, 0.5) is 11.5 Å². The zero-order valence-corrected chi connectivity index (χ0v) is 11.5. The molecule has 1 aliphatic rings. The number of hydrogen-bond acceptors (Lipinski definition) is 5. The Morgan fingerprint density at radius 1 is 1.38 bits per heavy atom. The van der Waals surface area contributed by atoms with Crippen LogP contribution in [0.5, 0.6) is 0 Å². The Balaban J connectivity index is 1.79. The molecule has 0 aliphatic heterocycles. The number of nitrogens with one attached hydrogen (secondary N) is 2. The first kappa shape index (κ1) is 12.1. The molecule has 4 rings (SSSR count). The van der Waals surface area contributed by atoms with Crippen LogP contribution in [-0.4, -0.2) is 24.7 Å². The predicted molar refractivity (Wildman–Crippen MR) is 78.6 cm³/mol. The maximum absolute atomic E-state index is 11.7. The minimum absolute atomic E-state index is 0.0719. The minimum Gasteiger partial charge on any atom is -0.338 e. The van der Waals surface area contributed by atoms with Crippen molar-refractivity contribution in [2.24, 2.45) is 7.05 Å². The number of H-pyrrole nitrogens is 1. The zero-order chi connectivity index (χ0) is 14.4. The number of rotatable bonds is 3. The van der Waals surface area contributed by atoms with E-state index >= 15 is 0 Å². The number of anilines is 2. The fourth-order valence-corrected chi connectivity index (χ4v) is 2.24. The highest BCUT2D eigenvalue weighted by Gasteiger charge is 2.27. The van der Waals surface area contributed by atoms with Crippen molar-refractivity contribution in [1.82, 2.24) is 24.7 Å². The van der Waals surface area contributed by atoms with Crippen molar-refractivity contribution >= 4 is 22.5 Å². The Hall–Kier alpha value is -2.70. The van der Waals surface area contributed by atoms with Crippen molar-refractivity contribution in [2.45, 2.75) is 18.8 Å². The van der Waals surface area contributed by atoms with E-state index in [9.17, 15) is 4.79 Å². The summed E-state index contributed by atoms with van der Waals surface area (Å²) in [7, 11) is 1.72. The third-order valence-corrected chi connectivity index (χ3v) is 3.63. The monoisotopic (exact) mass is 282 g/mol. The smallest absolute Gasteiger partial charge is 0.252 e. The second-order valence-electron chi connectivity index (χ2n) is 5.32. The maximum atomic E-state index is 11.7. The first-order valence-corrected chi connectivity index (χ1v) is 6.85. The van der Waals surface area contributed by atoms with Crippen LogP contribution in [-0.2, 0) is 7.05 Å². The van der Waals surface area contributed by atoms with E-state index in [0.717, 1.165) is 29.7 Å². The van der Waals surface area contributed by atoms with Gasteiger partial charge >= 0.3 is 0 Å². The van der Waals surface area contributed by atoms with Crippen LogP contribution in [0.3, 0.4) is 0 Å². The normalized spacial score (nSPS) is 14.5. The van der Waals surface area contributed by atoms with Crippen LogP contribution in [0.2, 0.25) is 0 Å². The van der Waals surface area contributed by atoms with Crippen molar-refractivity contribution in [2.75, 3.05) is 5.32 Å². The molecule has 3 heterocycles. The SMILES string of the molecule is Cn1ccc(Nc2nc(C3CC3)nc3cn[nH]c23)cc1=O. The summed E-state index contributed by atoms with van der Waals surface area (Å²) in [5.74, 6) is 1.95. The lowest BCUT2D eigenvalue weighted by Crippen LogP contribution is -2.15. The molecule has 0 bridgehead atoms. The Bertz CT molecular complexity index is 877. The van der Waals surface area contributed by atoms with Gasteiger partial charge in [-0.1, -0.05) is 0 Å². The molecule has 0 unspecified atom stereocenters. The Labute approximate surface area is 120 Å². The summed E-state index contributed by atoms with van der Waals surface area (Å²) in [6.07, 6.45) is 5.68. The third-order valence-electron chi connectivity index (χ3n) is 3.63. The lowest BCUT2D eigenvalue weighted by atomic mass is 10.3. The van der Waals surface area contributed by atoms with E-state index < -0.39 is 0 Å². The van der Waals surface area contributed by atoms with Gasteiger partial charge in [0.25, 0.3) is 5.56 Å². The number of fused-ring (bicyclic) bond motifs is 1. The fraction of sp³-hybridized carbons (Fsp3) is 0.286. The van der Waals surface area contributed by atoms with Crippen LogP contribution >= 0.6 is 0 Å². The largest absolute Gasteiger partial charge is 0.338 e. The second-order valence-corrected chi connectivity index (χ2v) is 5.32. The molecule has 3 aromatic rings. The molecule has 1 aliphatic carbocycles. The summed E-state index contributed by atoms with van der Waals surface area (Å²) in [5.41, 5.74) is 2.17. The number of pyridine rings is 1. The zero-order valence-electron chi connectivity index (χ0n) is 11.5. The molecule has 0 spiro atoms. The Kier molecular flexibility index (Phi) is 2.53. The van der Waals surface area contributed by atoms with Crippen molar-refractivity contribution in [3.05, 3.63) is 40.7 Å². The van der Waals surface area contributed by atoms with Crippen molar-refractivity contribution < 1.29 is 0 Å². The van der Waals surface area contributed by atoms with E-state index in [1.165, 1.54) is 4.57 Å². The van der Waals surface area contributed by atoms with Gasteiger partial charge in [-0.25, -0.2) is 9.97 Å². The topological polar surface area (TPSA) is 88.5 Å². The van der Waals surface area contributed by atoms with Crippen molar-refractivity contribution in [3.63, 3.8) is 0 Å². The van der Waals surface area contributed by atoms with Crippen LogP contribution in [0.25, 0.3) is 11.0 Å². The van der Waals surface area contributed by atoms with Crippen molar-refractivity contribution in [3.8, 4) is 0 Å². The van der Waals surface area contributed by atoms with Gasteiger partial charge in [-0.15, -0.1) is 0 Å². The minimum atomic E-state index is -0.0719. The molecule has 0 saturated heterocycles. The first-order chi connectivity index (χ1) is 10.2. The van der Waals surface area contributed by atoms with Crippen LogP contribution < -0.4 is 10.9 Å². The molecule has 0 radical (unpaired) electrons. The van der Waals surface area contributed by atoms with Gasteiger partial charge in [0.05, 0.1) is 6.20 Å². The predicted octanol–water partition coefficient (Wildman–Crippen LogP) is 1.67. The standard InChI is InChI=1S/C14H14N6O/c1-20-5-4-9(6-11(20)21)16-14-12-10(7-15-19-12)17-13(18-14)8-2-3-8/h4-8H,2-3H2,1H3,(H,15,19)(H,16,17,18). The molecule has 0 aromatic carbocycles. The molecule has 2 N–H and O–H groups in total. The van der Waals surface area contributed by atoms with Gasteiger partial charge in [0.1, 0.15) is 16.9 Å². The van der Waals surface area contributed by atoms with Gasteiger partial charge in [-0.3, -0.25) is 9.89 Å². The van der Waals surface area contributed by atoms with Gasteiger partial charge in [-0.2, -0.15) is 5.10 Å². The molecule has 7 nitrogen and oxygen atoms in total. The molecule has 1 saturated carbocycles. The lowest BCUT2D eigenvalue weighted by Gasteiger charge is -2.08. The Morgan fingerprint density at radius 3 is 3.00 bits per heavy atom. The van der Waals surface area contributed by atoms with Crippen LogP contribution in [0.15, 0.2) is 29.3 Å². The Morgan fingerprint density at radius 2 is 2.24 bits per heavy atom. The summed E-state index contributed by atoms with van der Waals surface area (Å²) in [6.45, 7) is 0. The summed E-state index contributed by atoms with van der Waals surface area (Å²) in [5, 5.41) is 10.1. The molecular formula is C14H14N6O. The third kappa shape index (κ3) is 2.16. The number of aromatic nitrogens is 5. The molecule has 7 heteroatoms. The molecule has 21 heavy (non-hydrogen) atoms. The number of hydrogen-bond donors (Lipinski definition) is 2. The van der Waals surface area contributed by atoms with Gasteiger partial charge in [0.2, 0.25) is 0 Å². The summed E-state index contributed by atoms with van der Waals surface area (Å²) in [4.78, 5) is 20.8. The molecule has 0 amide bonds. The number of aryl methyl sites for hydroxylation is 1. The van der Waals surface area contributed by atoms with Crippen molar-refractivity contribution in [1.29, 1.82) is 0 Å². The van der Waals surface area contributed by atoms with Gasteiger partial charge in [0, 0.05) is 30.9 Å². The van der Waals surface area contributed by atoms with Gasteiger partial charge in [-0.05, 0) is 18.9 Å². The van der Waals surface area contributed by atoms with Crippen LogP contribution in [0.1, 0.15) is 24.6 Å². The lowest BCUT2D eigenvalue weighted by molar-refractivity contribution is 0.861. The average molecular weight is 282 g/mol. The average Bonchev–Trinajstić information content (AvgIpc) is 3.21. The summed E-state index contributed by atoms with van der Waals surface area (Å²) in [6, 6.07) is 3.38. The van der Waals surface area contributed by atoms with E-state index in [1.807, 2.05) is 6.07 Å². The fourth-order valence-electron chi connectivity index (χ4n) is 2.24. The molecule has 0 atom stereocenters. The highest BCUT2D eigenvalue weighted by atomic mass is 16.1. The summed E-state index contributed by atoms with van der Waals surface area (Å²) < 4.78 is 1.52. The molecule has 3 aromatic heterocycles. The molecule has 1 fully saturated rings. The molecular weight excluding hydrogens is 268 g/mol. The highest BCUT2D eigenvalue weighted by molar-refractivity contribution is 5.86. The van der Waals surface area contributed by atoms with E-state index in [-0.39, 0.29) is 5.56 Å². The van der Waals surface area contributed by atoms with E-state index in [0.29, 0.717) is 17.4 Å². The summed E-state index contributed by atoms with van der Waals surface area (Å²) >= 11 is 0. The van der Waals surface area contributed by atoms with Gasteiger partial charge in [0.15, 0.2) is 5.82 Å². The van der Waals surface area contributed by atoms with Crippen LogP contribution in [0, 0.1) is 0 Å². The maximum Gasteiger partial charge on any atom is 0.252 e.